The summed E-state index contributed by atoms with van der Waals surface area (Å²) in [7, 11) is 2.89. The number of H-pyrrole nitrogens is 1. The Morgan fingerprint density at radius 3 is 2.40 bits per heavy atom. The lowest BCUT2D eigenvalue weighted by Gasteiger charge is -2.09. The average molecular weight is 342 g/mol. The van der Waals surface area contributed by atoms with Crippen LogP contribution in [0.1, 0.15) is 16.1 Å². The number of aromatic nitrogens is 3. The van der Waals surface area contributed by atoms with Crippen LogP contribution >= 0.6 is 0 Å². The van der Waals surface area contributed by atoms with Crippen LogP contribution in [-0.4, -0.2) is 15.1 Å². The van der Waals surface area contributed by atoms with Gasteiger partial charge in [0.1, 0.15) is 16.8 Å². The van der Waals surface area contributed by atoms with Crippen LogP contribution < -0.4 is 16.2 Å². The first-order valence-electron chi connectivity index (χ1n) is 7.51. The number of carbonyl (C=O) groups excluding carboxylic acids is 1. The predicted molar refractivity (Wildman–Crippen MR) is 85.5 cm³/mol. The van der Waals surface area contributed by atoms with E-state index in [1.165, 1.54) is 42.9 Å². The van der Waals surface area contributed by atoms with Gasteiger partial charge in [0.25, 0.3) is 11.2 Å². The third kappa shape index (κ3) is 2.03. The molecular weight excluding hydrogens is 329 g/mol. The lowest BCUT2D eigenvalue weighted by Crippen LogP contribution is -2.40. The summed E-state index contributed by atoms with van der Waals surface area (Å²) in [5, 5.41) is 0.175. The number of ether oxygens (including phenoxy) is 1. The molecule has 0 atom stereocenters. The zero-order chi connectivity index (χ0) is 17.9. The molecule has 25 heavy (non-hydrogen) atoms. The molecule has 3 aromatic rings. The number of halogens is 1. The molecule has 0 amide bonds. The Bertz CT molecular complexity index is 1180. The van der Waals surface area contributed by atoms with Crippen molar-refractivity contribution in [2.24, 2.45) is 14.1 Å². The average Bonchev–Trinajstić information content (AvgIpc) is 2.98. The molecule has 1 N–H and O–H groups in total. The lowest BCUT2D eigenvalue weighted by atomic mass is 9.96. The number of benzene rings is 1. The SMILES string of the molecule is Cn1c(=O)c2c(-c3ccc(F)cc3)c3c([nH+]c2n(C)c1=O)COC3=O. The van der Waals surface area contributed by atoms with Crippen molar-refractivity contribution in [1.82, 2.24) is 9.13 Å². The van der Waals surface area contributed by atoms with Crippen LogP contribution in [-0.2, 0) is 25.4 Å². The number of hydrogen-bond donors (Lipinski definition) is 0. The van der Waals surface area contributed by atoms with E-state index in [0.29, 0.717) is 16.8 Å². The highest BCUT2D eigenvalue weighted by atomic mass is 19.1. The smallest absolute Gasteiger partial charge is 0.417 e. The Morgan fingerprint density at radius 2 is 1.72 bits per heavy atom. The molecule has 0 bridgehead atoms. The first-order chi connectivity index (χ1) is 11.9. The monoisotopic (exact) mass is 342 g/mol. The standard InChI is InChI=1S/C17H12FN3O4/c1-20-14-13(15(22)21(2)17(20)24)11(8-3-5-9(18)6-4-8)12-10(19-14)7-25-16(12)23/h3-6H,7H2,1-2H3/p+1. The second-order valence-electron chi connectivity index (χ2n) is 5.87. The summed E-state index contributed by atoms with van der Waals surface area (Å²) in [6.45, 7) is 0.0156. The highest BCUT2D eigenvalue weighted by molar-refractivity contribution is 6.07. The van der Waals surface area contributed by atoms with Crippen LogP contribution in [0.4, 0.5) is 4.39 Å². The summed E-state index contributed by atoms with van der Waals surface area (Å²) in [5.41, 5.74) is 0.772. The van der Waals surface area contributed by atoms with E-state index in [0.717, 1.165) is 4.57 Å². The molecule has 1 aliphatic heterocycles. The van der Waals surface area contributed by atoms with E-state index in [-0.39, 0.29) is 23.2 Å². The van der Waals surface area contributed by atoms with Crippen molar-refractivity contribution >= 4 is 17.0 Å². The fourth-order valence-electron chi connectivity index (χ4n) is 3.15. The van der Waals surface area contributed by atoms with Crippen LogP contribution in [0.25, 0.3) is 22.2 Å². The van der Waals surface area contributed by atoms with E-state index in [1.54, 1.807) is 0 Å². The Hall–Kier alpha value is -3.29. The van der Waals surface area contributed by atoms with Gasteiger partial charge in [0.2, 0.25) is 0 Å². The minimum absolute atomic E-state index is 0.0156. The molecule has 0 aliphatic carbocycles. The molecule has 1 aliphatic rings. The highest BCUT2D eigenvalue weighted by Crippen LogP contribution is 2.33. The number of nitrogens with zero attached hydrogens (tertiary/aromatic N) is 2. The molecule has 7 nitrogen and oxygen atoms in total. The highest BCUT2D eigenvalue weighted by Gasteiger charge is 2.34. The van der Waals surface area contributed by atoms with Crippen molar-refractivity contribution in [3.63, 3.8) is 0 Å². The van der Waals surface area contributed by atoms with Gasteiger partial charge in [0, 0.05) is 12.6 Å². The summed E-state index contributed by atoms with van der Waals surface area (Å²) in [4.78, 5) is 40.2. The Balaban J connectivity index is 2.28. The number of hydrogen-bond acceptors (Lipinski definition) is 4. The second kappa shape index (κ2) is 5.10. The van der Waals surface area contributed by atoms with Gasteiger partial charge in [-0.3, -0.25) is 4.79 Å². The number of pyridine rings is 1. The Morgan fingerprint density at radius 1 is 1.04 bits per heavy atom. The molecule has 0 unspecified atom stereocenters. The number of aromatic amines is 1. The zero-order valence-corrected chi connectivity index (χ0v) is 13.4. The number of cyclic esters (lactones) is 1. The molecule has 126 valence electrons. The number of nitrogens with one attached hydrogen (secondary N) is 1. The molecule has 4 rings (SSSR count). The fourth-order valence-corrected chi connectivity index (χ4v) is 3.15. The molecule has 0 saturated carbocycles. The molecule has 3 heterocycles. The van der Waals surface area contributed by atoms with E-state index < -0.39 is 23.0 Å². The zero-order valence-electron chi connectivity index (χ0n) is 13.4. The summed E-state index contributed by atoms with van der Waals surface area (Å²) in [6.07, 6.45) is 0. The van der Waals surface area contributed by atoms with Gasteiger partial charge >= 0.3 is 11.7 Å². The number of aryl methyl sites for hydroxylation is 1. The molecule has 2 aromatic heterocycles. The van der Waals surface area contributed by atoms with Crippen LogP contribution in [0, 0.1) is 5.82 Å². The maximum Gasteiger partial charge on any atom is 0.417 e. The quantitative estimate of drug-likeness (QED) is 0.604. The van der Waals surface area contributed by atoms with Crippen LogP contribution in [0.15, 0.2) is 33.9 Å². The minimum Gasteiger partial charge on any atom is -0.453 e. The Kier molecular flexibility index (Phi) is 3.11. The molecule has 0 saturated heterocycles. The maximum absolute atomic E-state index is 13.3. The van der Waals surface area contributed by atoms with Crippen LogP contribution in [0.5, 0.6) is 0 Å². The van der Waals surface area contributed by atoms with E-state index in [1.807, 2.05) is 0 Å². The van der Waals surface area contributed by atoms with Gasteiger partial charge in [-0.2, -0.15) is 4.57 Å². The summed E-state index contributed by atoms with van der Waals surface area (Å²) in [6, 6.07) is 5.47. The number of fused-ring (bicyclic) bond motifs is 2. The van der Waals surface area contributed by atoms with Gasteiger partial charge in [-0.15, -0.1) is 0 Å². The van der Waals surface area contributed by atoms with Gasteiger partial charge < -0.3 is 4.74 Å². The molecule has 0 radical (unpaired) electrons. The normalized spacial score (nSPS) is 13.2. The third-order valence-corrected chi connectivity index (χ3v) is 4.42. The van der Waals surface area contributed by atoms with Crippen molar-refractivity contribution in [2.75, 3.05) is 0 Å². The topological polar surface area (TPSA) is 84.4 Å². The van der Waals surface area contributed by atoms with Gasteiger partial charge in [-0.05, 0) is 17.7 Å². The largest absolute Gasteiger partial charge is 0.453 e. The maximum atomic E-state index is 13.3. The van der Waals surface area contributed by atoms with Gasteiger partial charge in [-0.1, -0.05) is 12.1 Å². The van der Waals surface area contributed by atoms with E-state index in [4.69, 9.17) is 4.74 Å². The van der Waals surface area contributed by atoms with Crippen LogP contribution in [0.3, 0.4) is 0 Å². The number of carbonyl (C=O) groups is 1. The number of esters is 1. The summed E-state index contributed by atoms with van der Waals surface area (Å²) < 4.78 is 20.7. The van der Waals surface area contributed by atoms with Gasteiger partial charge in [0.05, 0.1) is 7.05 Å². The lowest BCUT2D eigenvalue weighted by molar-refractivity contribution is -0.365. The third-order valence-electron chi connectivity index (χ3n) is 4.42. The van der Waals surface area contributed by atoms with E-state index >= 15 is 0 Å². The molecule has 8 heteroatoms. The molecule has 0 spiro atoms. The van der Waals surface area contributed by atoms with Crippen molar-refractivity contribution in [3.8, 4) is 11.1 Å². The summed E-state index contributed by atoms with van der Waals surface area (Å²) in [5.74, 6) is -1.00. The van der Waals surface area contributed by atoms with Crippen molar-refractivity contribution in [1.29, 1.82) is 0 Å². The van der Waals surface area contributed by atoms with Crippen LogP contribution in [0.2, 0.25) is 0 Å². The molecule has 1 aromatic carbocycles. The van der Waals surface area contributed by atoms with E-state index in [9.17, 15) is 18.8 Å². The predicted octanol–water partition coefficient (Wildman–Crippen LogP) is 0.528. The summed E-state index contributed by atoms with van der Waals surface area (Å²) >= 11 is 0. The first-order valence-corrected chi connectivity index (χ1v) is 7.51. The fraction of sp³-hybridized carbons (Fsp3) is 0.176. The second-order valence-corrected chi connectivity index (χ2v) is 5.87. The first kappa shape index (κ1) is 15.3. The molecule has 0 fully saturated rings. The van der Waals surface area contributed by atoms with E-state index in [2.05, 4.69) is 4.98 Å². The van der Waals surface area contributed by atoms with Crippen molar-refractivity contribution in [3.05, 3.63) is 62.2 Å². The van der Waals surface area contributed by atoms with Gasteiger partial charge in [0.15, 0.2) is 12.3 Å². The minimum atomic E-state index is -0.566. The molecular formula is C17H13FN3O4+. The van der Waals surface area contributed by atoms with Crippen molar-refractivity contribution in [2.45, 2.75) is 6.61 Å². The van der Waals surface area contributed by atoms with Crippen molar-refractivity contribution < 1.29 is 18.9 Å². The van der Waals surface area contributed by atoms with Gasteiger partial charge in [-0.25, -0.2) is 23.5 Å². The number of rotatable bonds is 1. The Labute approximate surface area is 139 Å².